The van der Waals surface area contributed by atoms with E-state index in [1.165, 1.54) is 5.56 Å². The molecule has 1 aliphatic rings. The number of aldehydes is 1. The number of carbonyl (C=O) groups excluding carboxylic acids is 1. The molecule has 1 aromatic heterocycles. The summed E-state index contributed by atoms with van der Waals surface area (Å²) in [7, 11) is 1.68. The van der Waals surface area contributed by atoms with E-state index in [1.807, 2.05) is 47.7 Å². The smallest absolute Gasteiger partial charge is 0.128 e. The van der Waals surface area contributed by atoms with Gasteiger partial charge in [-0.15, -0.1) is 0 Å². The van der Waals surface area contributed by atoms with Crippen molar-refractivity contribution in [3.05, 3.63) is 23.9 Å². The van der Waals surface area contributed by atoms with Gasteiger partial charge in [-0.3, -0.25) is 4.90 Å². The number of nitrogens with zero attached hydrogens (tertiary/aromatic N) is 3. The lowest BCUT2D eigenvalue weighted by Gasteiger charge is -2.35. The highest BCUT2D eigenvalue weighted by Crippen LogP contribution is 2.13. The Labute approximate surface area is 155 Å². The van der Waals surface area contributed by atoms with Crippen LogP contribution in [0.2, 0.25) is 0 Å². The van der Waals surface area contributed by atoms with E-state index in [1.54, 1.807) is 7.11 Å². The Morgan fingerprint density at radius 1 is 1.12 bits per heavy atom. The highest BCUT2D eigenvalue weighted by molar-refractivity contribution is 5.49. The number of ether oxygens (including phenoxy) is 1. The molecule has 0 atom stereocenters. The van der Waals surface area contributed by atoms with Crippen LogP contribution < -0.4 is 4.90 Å². The molecule has 0 spiro atoms. The molecular weight excluding hydrogens is 314 g/mol. The van der Waals surface area contributed by atoms with Gasteiger partial charge in [0.2, 0.25) is 0 Å². The predicted molar refractivity (Wildman–Crippen MR) is 109 cm³/mol. The predicted octanol–water partition coefficient (Wildman–Crippen LogP) is 3.81. The quantitative estimate of drug-likeness (QED) is 0.753. The second-order valence-corrected chi connectivity index (χ2v) is 5.06. The zero-order chi connectivity index (χ0) is 19.5. The first-order valence-corrected chi connectivity index (χ1v) is 9.53. The fraction of sp³-hybridized carbons (Fsp3) is 0.700. The fourth-order valence-corrected chi connectivity index (χ4v) is 2.08. The van der Waals surface area contributed by atoms with Crippen molar-refractivity contribution in [3.63, 3.8) is 0 Å². The zero-order valence-electron chi connectivity index (χ0n) is 17.4. The molecule has 146 valence electrons. The van der Waals surface area contributed by atoms with Crippen LogP contribution in [0.5, 0.6) is 0 Å². The van der Waals surface area contributed by atoms with E-state index in [0.717, 1.165) is 51.4 Å². The molecule has 25 heavy (non-hydrogen) atoms. The molecular formula is C20H39N3O2. The lowest BCUT2D eigenvalue weighted by molar-refractivity contribution is -0.108. The SMILES string of the molecule is CC.CC.CCOC.Cc1ccc(N2CCN(CCC=O)CC2)nc1. The molecule has 0 saturated carbocycles. The van der Waals surface area contributed by atoms with Crippen molar-refractivity contribution in [2.45, 2.75) is 48.0 Å². The highest BCUT2D eigenvalue weighted by atomic mass is 16.5. The van der Waals surface area contributed by atoms with Gasteiger partial charge >= 0.3 is 0 Å². The number of aromatic nitrogens is 1. The van der Waals surface area contributed by atoms with E-state index in [-0.39, 0.29) is 0 Å². The molecule has 2 heterocycles. The highest BCUT2D eigenvalue weighted by Gasteiger charge is 2.17. The number of hydrogen-bond acceptors (Lipinski definition) is 5. The van der Waals surface area contributed by atoms with E-state index in [9.17, 15) is 4.79 Å². The zero-order valence-corrected chi connectivity index (χ0v) is 17.4. The topological polar surface area (TPSA) is 45.7 Å². The molecule has 0 radical (unpaired) electrons. The Balaban J connectivity index is 0. The Hall–Kier alpha value is -1.46. The molecule has 1 saturated heterocycles. The summed E-state index contributed by atoms with van der Waals surface area (Å²) in [6.45, 7) is 17.7. The fourth-order valence-electron chi connectivity index (χ4n) is 2.08. The number of anilines is 1. The molecule has 1 aromatic rings. The molecule has 0 unspecified atom stereocenters. The van der Waals surface area contributed by atoms with E-state index >= 15 is 0 Å². The van der Waals surface area contributed by atoms with Crippen molar-refractivity contribution in [3.8, 4) is 0 Å². The molecule has 0 bridgehead atoms. The third-order valence-corrected chi connectivity index (χ3v) is 3.44. The van der Waals surface area contributed by atoms with Crippen molar-refractivity contribution in [2.75, 3.05) is 51.3 Å². The average Bonchev–Trinajstić information content (AvgIpc) is 2.71. The van der Waals surface area contributed by atoms with Crippen LogP contribution in [0.3, 0.4) is 0 Å². The van der Waals surface area contributed by atoms with Gasteiger partial charge in [0, 0.05) is 59.1 Å². The van der Waals surface area contributed by atoms with E-state index in [4.69, 9.17) is 0 Å². The Bertz CT molecular complexity index is 386. The van der Waals surface area contributed by atoms with Crippen molar-refractivity contribution < 1.29 is 9.53 Å². The summed E-state index contributed by atoms with van der Waals surface area (Å²) >= 11 is 0. The largest absolute Gasteiger partial charge is 0.385 e. The molecule has 0 N–H and O–H groups in total. The van der Waals surface area contributed by atoms with E-state index in [2.05, 4.69) is 31.7 Å². The number of rotatable bonds is 5. The van der Waals surface area contributed by atoms with Gasteiger partial charge in [0.05, 0.1) is 0 Å². The normalized spacial score (nSPS) is 13.3. The third-order valence-electron chi connectivity index (χ3n) is 3.44. The number of hydrogen-bond donors (Lipinski definition) is 0. The summed E-state index contributed by atoms with van der Waals surface area (Å²) in [4.78, 5) is 19.4. The van der Waals surface area contributed by atoms with Gasteiger partial charge in [-0.05, 0) is 25.5 Å². The Morgan fingerprint density at radius 3 is 2.08 bits per heavy atom. The first-order chi connectivity index (χ1) is 12.2. The minimum atomic E-state index is 0.642. The standard InChI is InChI=1S/C13H19N3O.C3H8O.2C2H6/c1-12-3-4-13(14-11-12)16-8-6-15(7-9-16)5-2-10-17;1-3-4-2;2*1-2/h3-4,10-11H,2,5-9H2,1H3;3H2,1-2H3;2*1-2H3. The van der Waals surface area contributed by atoms with Gasteiger partial charge in [0.25, 0.3) is 0 Å². The molecule has 0 aliphatic carbocycles. The van der Waals surface area contributed by atoms with Crippen molar-refractivity contribution in [1.82, 2.24) is 9.88 Å². The van der Waals surface area contributed by atoms with E-state index < -0.39 is 0 Å². The van der Waals surface area contributed by atoms with Crippen LogP contribution in [0.1, 0.15) is 46.6 Å². The second-order valence-electron chi connectivity index (χ2n) is 5.06. The van der Waals surface area contributed by atoms with Gasteiger partial charge in [-0.1, -0.05) is 33.8 Å². The first-order valence-electron chi connectivity index (χ1n) is 9.53. The van der Waals surface area contributed by atoms with Crippen LogP contribution in [0.25, 0.3) is 0 Å². The summed E-state index contributed by atoms with van der Waals surface area (Å²) in [5.41, 5.74) is 1.19. The van der Waals surface area contributed by atoms with Crippen molar-refractivity contribution >= 4 is 12.1 Å². The summed E-state index contributed by atoms with van der Waals surface area (Å²) < 4.78 is 4.54. The molecule has 5 nitrogen and oxygen atoms in total. The van der Waals surface area contributed by atoms with Crippen molar-refractivity contribution in [2.24, 2.45) is 0 Å². The number of methoxy groups -OCH3 is 1. The maximum Gasteiger partial charge on any atom is 0.128 e. The Morgan fingerprint density at radius 2 is 1.68 bits per heavy atom. The van der Waals surface area contributed by atoms with Crippen LogP contribution in [-0.4, -0.2) is 62.6 Å². The van der Waals surface area contributed by atoms with Gasteiger partial charge < -0.3 is 14.4 Å². The molecule has 2 rings (SSSR count). The van der Waals surface area contributed by atoms with Gasteiger partial charge in [0.1, 0.15) is 12.1 Å². The third kappa shape index (κ3) is 12.5. The lowest BCUT2D eigenvalue weighted by atomic mass is 10.2. The average molecular weight is 354 g/mol. The monoisotopic (exact) mass is 353 g/mol. The minimum absolute atomic E-state index is 0.642. The first kappa shape index (κ1) is 25.8. The maximum atomic E-state index is 10.3. The van der Waals surface area contributed by atoms with Gasteiger partial charge in [0.15, 0.2) is 0 Å². The molecule has 0 aromatic carbocycles. The number of piperazine rings is 1. The number of aryl methyl sites for hydroxylation is 1. The lowest BCUT2D eigenvalue weighted by Crippen LogP contribution is -2.46. The van der Waals surface area contributed by atoms with Crippen LogP contribution in [0.4, 0.5) is 5.82 Å². The maximum absolute atomic E-state index is 10.3. The Kier molecular flexibility index (Phi) is 19.5. The summed E-state index contributed by atoms with van der Waals surface area (Å²) in [6.07, 6.45) is 3.55. The summed E-state index contributed by atoms with van der Waals surface area (Å²) in [5, 5.41) is 0. The minimum Gasteiger partial charge on any atom is -0.385 e. The summed E-state index contributed by atoms with van der Waals surface area (Å²) in [5.74, 6) is 1.06. The van der Waals surface area contributed by atoms with Gasteiger partial charge in [-0.2, -0.15) is 0 Å². The number of pyridine rings is 1. The van der Waals surface area contributed by atoms with Gasteiger partial charge in [-0.25, -0.2) is 4.98 Å². The molecule has 1 fully saturated rings. The van der Waals surface area contributed by atoms with Crippen LogP contribution in [0.15, 0.2) is 18.3 Å². The molecule has 5 heteroatoms. The second kappa shape index (κ2) is 18.9. The summed E-state index contributed by atoms with van der Waals surface area (Å²) in [6, 6.07) is 4.18. The van der Waals surface area contributed by atoms with Crippen LogP contribution in [0, 0.1) is 6.92 Å². The molecule has 1 aliphatic heterocycles. The van der Waals surface area contributed by atoms with E-state index in [0.29, 0.717) is 6.42 Å². The van der Waals surface area contributed by atoms with Crippen LogP contribution >= 0.6 is 0 Å². The molecule has 0 amide bonds. The van der Waals surface area contributed by atoms with Crippen molar-refractivity contribution in [1.29, 1.82) is 0 Å². The van der Waals surface area contributed by atoms with Crippen LogP contribution in [-0.2, 0) is 9.53 Å². The number of carbonyl (C=O) groups is 1.